The summed E-state index contributed by atoms with van der Waals surface area (Å²) in [4.78, 5) is 32.7. The van der Waals surface area contributed by atoms with Gasteiger partial charge in [-0.3, -0.25) is 4.74 Å². The van der Waals surface area contributed by atoms with Crippen LogP contribution in [-0.4, -0.2) is 81.0 Å². The van der Waals surface area contributed by atoms with Gasteiger partial charge < -0.3 is 23.7 Å². The molecule has 218 valence electrons. The number of hydrogen-bond donors (Lipinski definition) is 0. The van der Waals surface area contributed by atoms with Crippen LogP contribution in [0.4, 0.5) is 39.5 Å². The smallest absolute Gasteiger partial charge is 0.462 e. The molecule has 0 spiro atoms. The topological polar surface area (TPSA) is 107 Å². The normalized spacial score (nSPS) is 12.9. The van der Waals surface area contributed by atoms with E-state index in [0.29, 0.717) is 18.2 Å². The maximum absolute atomic E-state index is 14.2. The third-order valence-corrected chi connectivity index (χ3v) is 3.57. The number of alkyl halides is 9. The highest BCUT2D eigenvalue weighted by molar-refractivity contribution is 5.81. The van der Waals surface area contributed by atoms with E-state index >= 15 is 0 Å². The Balaban J connectivity index is 6.03. The van der Waals surface area contributed by atoms with Gasteiger partial charge in [0.2, 0.25) is 0 Å². The van der Waals surface area contributed by atoms with Crippen molar-refractivity contribution >= 4 is 17.9 Å². The highest BCUT2D eigenvalue weighted by atomic mass is 19.4. The molecule has 18 heteroatoms. The standard InChI is InChI=1S/C20H21F9O9/c1-4-13(30)33-8-7-18(25,26)38-20(19(27,28)29,36-11-16(21,22)9-34-14(31)5-2)37-12-17(23,24)10-35-15(32)6-3/h4-6H,1-3,7-12H2. The van der Waals surface area contributed by atoms with Crippen LogP contribution in [0.1, 0.15) is 6.42 Å². The van der Waals surface area contributed by atoms with Crippen molar-refractivity contribution in [3.63, 3.8) is 0 Å². The summed E-state index contributed by atoms with van der Waals surface area (Å²) >= 11 is 0. The van der Waals surface area contributed by atoms with Gasteiger partial charge in [0.25, 0.3) is 0 Å². The molecular formula is C20H21F9O9. The van der Waals surface area contributed by atoms with Crippen molar-refractivity contribution in [1.29, 1.82) is 0 Å². The van der Waals surface area contributed by atoms with Gasteiger partial charge >= 0.3 is 48.0 Å². The summed E-state index contributed by atoms with van der Waals surface area (Å²) in [7, 11) is 0. The maximum Gasteiger partial charge on any atom is 0.473 e. The molecule has 0 unspecified atom stereocenters. The second kappa shape index (κ2) is 14.1. The summed E-state index contributed by atoms with van der Waals surface area (Å²) in [6.45, 7) is -1.58. The third kappa shape index (κ3) is 12.9. The first-order chi connectivity index (χ1) is 17.2. The first-order valence-corrected chi connectivity index (χ1v) is 9.79. The molecule has 0 aromatic heterocycles. The average molecular weight is 576 g/mol. The van der Waals surface area contributed by atoms with Gasteiger partial charge in [0.1, 0.15) is 13.2 Å². The molecule has 0 amide bonds. The van der Waals surface area contributed by atoms with Crippen LogP contribution in [-0.2, 0) is 42.8 Å². The van der Waals surface area contributed by atoms with E-state index in [9.17, 15) is 53.9 Å². The zero-order valence-corrected chi connectivity index (χ0v) is 19.2. The number of rotatable bonds is 18. The highest BCUT2D eigenvalue weighted by Crippen LogP contribution is 2.42. The molecule has 0 radical (unpaired) electrons. The van der Waals surface area contributed by atoms with Crippen LogP contribution < -0.4 is 0 Å². The summed E-state index contributed by atoms with van der Waals surface area (Å²) in [5, 5.41) is 0. The lowest BCUT2D eigenvalue weighted by Crippen LogP contribution is -2.58. The van der Waals surface area contributed by atoms with Crippen molar-refractivity contribution in [1.82, 2.24) is 0 Å². The van der Waals surface area contributed by atoms with E-state index in [-0.39, 0.29) is 0 Å². The first-order valence-electron chi connectivity index (χ1n) is 9.79. The Morgan fingerprint density at radius 2 is 0.974 bits per heavy atom. The molecule has 0 saturated heterocycles. The lowest BCUT2D eigenvalue weighted by atomic mass is 10.3. The number of esters is 3. The van der Waals surface area contributed by atoms with Crippen LogP contribution in [0, 0.1) is 0 Å². The quantitative estimate of drug-likeness (QED) is 0.0794. The number of carbonyl (C=O) groups is 3. The molecule has 0 fully saturated rings. The Morgan fingerprint density at radius 3 is 1.32 bits per heavy atom. The molecule has 0 aliphatic heterocycles. The van der Waals surface area contributed by atoms with Crippen LogP contribution in [0.25, 0.3) is 0 Å². The minimum Gasteiger partial charge on any atom is -0.462 e. The predicted octanol–water partition coefficient (Wildman–Crippen LogP) is 3.69. The van der Waals surface area contributed by atoms with Crippen molar-refractivity contribution in [3.8, 4) is 0 Å². The van der Waals surface area contributed by atoms with Gasteiger partial charge in [-0.15, -0.1) is 0 Å². The van der Waals surface area contributed by atoms with Crippen LogP contribution in [0.5, 0.6) is 0 Å². The van der Waals surface area contributed by atoms with E-state index in [4.69, 9.17) is 0 Å². The fourth-order valence-electron chi connectivity index (χ4n) is 1.85. The molecule has 0 aromatic rings. The molecule has 38 heavy (non-hydrogen) atoms. The maximum atomic E-state index is 14.2. The second-order valence-corrected chi connectivity index (χ2v) is 6.83. The number of hydrogen-bond acceptors (Lipinski definition) is 9. The summed E-state index contributed by atoms with van der Waals surface area (Å²) in [5.41, 5.74) is 0. The van der Waals surface area contributed by atoms with E-state index in [0.717, 1.165) is 0 Å². The molecule has 0 aliphatic rings. The second-order valence-electron chi connectivity index (χ2n) is 6.83. The average Bonchev–Trinajstić information content (AvgIpc) is 2.81. The third-order valence-electron chi connectivity index (χ3n) is 3.57. The molecule has 0 heterocycles. The Morgan fingerprint density at radius 1 is 0.605 bits per heavy atom. The van der Waals surface area contributed by atoms with Gasteiger partial charge in [0.15, 0.2) is 13.2 Å². The van der Waals surface area contributed by atoms with Gasteiger partial charge in [0, 0.05) is 18.2 Å². The molecule has 0 N–H and O–H groups in total. The molecule has 0 atom stereocenters. The van der Waals surface area contributed by atoms with Gasteiger partial charge in [-0.25, -0.2) is 31.9 Å². The van der Waals surface area contributed by atoms with Gasteiger partial charge in [0.05, 0.1) is 13.0 Å². The lowest BCUT2D eigenvalue weighted by Gasteiger charge is -2.38. The lowest BCUT2D eigenvalue weighted by molar-refractivity contribution is -0.536. The summed E-state index contributed by atoms with van der Waals surface area (Å²) in [6, 6.07) is 0. The van der Waals surface area contributed by atoms with Crippen molar-refractivity contribution in [2.45, 2.75) is 36.5 Å². The van der Waals surface area contributed by atoms with E-state index in [2.05, 4.69) is 48.2 Å². The van der Waals surface area contributed by atoms with Gasteiger partial charge in [-0.2, -0.15) is 22.0 Å². The minimum absolute atomic E-state index is 0.407. The zero-order chi connectivity index (χ0) is 29.8. The molecule has 0 bridgehead atoms. The molecule has 0 aromatic carbocycles. The Labute approximate surface area is 208 Å². The van der Waals surface area contributed by atoms with Crippen LogP contribution >= 0.6 is 0 Å². The van der Waals surface area contributed by atoms with Crippen LogP contribution in [0.2, 0.25) is 0 Å². The SMILES string of the molecule is C=CC(=O)OCCC(F)(F)OC(OCC(F)(F)COC(=O)C=C)(OCC(F)(F)COC(=O)C=C)C(F)(F)F. The highest BCUT2D eigenvalue weighted by Gasteiger charge is 2.66. The summed E-state index contributed by atoms with van der Waals surface area (Å²) in [5.74, 6) is -18.5. The van der Waals surface area contributed by atoms with Crippen molar-refractivity contribution < 1.29 is 82.3 Å². The van der Waals surface area contributed by atoms with Crippen LogP contribution in [0.3, 0.4) is 0 Å². The minimum atomic E-state index is -6.37. The molecular weight excluding hydrogens is 555 g/mol. The number of halogens is 9. The van der Waals surface area contributed by atoms with Crippen LogP contribution in [0.15, 0.2) is 38.0 Å². The summed E-state index contributed by atoms with van der Waals surface area (Å²) < 4.78 is 149. The molecule has 0 saturated carbocycles. The van der Waals surface area contributed by atoms with E-state index in [1.165, 1.54) is 0 Å². The van der Waals surface area contributed by atoms with Gasteiger partial charge in [-0.05, 0) is 0 Å². The zero-order valence-electron chi connectivity index (χ0n) is 19.2. The number of ether oxygens (including phenoxy) is 6. The Kier molecular flexibility index (Phi) is 13.0. The molecule has 0 rings (SSSR count). The fourth-order valence-corrected chi connectivity index (χ4v) is 1.85. The van der Waals surface area contributed by atoms with E-state index in [1.807, 2.05) is 0 Å². The largest absolute Gasteiger partial charge is 0.473 e. The number of carbonyl (C=O) groups excluding carboxylic acids is 3. The Hall–Kier alpha value is -3.12. The van der Waals surface area contributed by atoms with E-state index in [1.54, 1.807) is 0 Å². The molecule has 0 aliphatic carbocycles. The van der Waals surface area contributed by atoms with Gasteiger partial charge in [-0.1, -0.05) is 19.7 Å². The van der Waals surface area contributed by atoms with Crippen molar-refractivity contribution in [2.75, 3.05) is 33.0 Å². The Bertz CT molecular complexity index is 817. The monoisotopic (exact) mass is 576 g/mol. The van der Waals surface area contributed by atoms with Crippen molar-refractivity contribution in [2.24, 2.45) is 0 Å². The van der Waals surface area contributed by atoms with Crippen molar-refractivity contribution in [3.05, 3.63) is 38.0 Å². The predicted molar refractivity (Wildman–Crippen MR) is 105 cm³/mol. The first kappa shape index (κ1) is 34.9. The summed E-state index contributed by atoms with van der Waals surface area (Å²) in [6.07, 6.45) is -12.0. The fraction of sp³-hybridized carbons (Fsp3) is 0.550. The van der Waals surface area contributed by atoms with E-state index < -0.39 is 87.5 Å². The molecule has 9 nitrogen and oxygen atoms in total.